The number of aromatic nitrogens is 1. The average molecular weight is 410 g/mol. The summed E-state index contributed by atoms with van der Waals surface area (Å²) in [5.41, 5.74) is 4.55. The van der Waals surface area contributed by atoms with Crippen LogP contribution >= 0.6 is 0 Å². The summed E-state index contributed by atoms with van der Waals surface area (Å²) in [6.45, 7) is 10.3. The number of pyridine rings is 1. The second-order valence-corrected chi connectivity index (χ2v) is 8.12. The number of nitrogens with zero attached hydrogens (tertiary/aromatic N) is 3. The number of unbranched alkanes of at least 4 members (excludes halogenated alkanes) is 1. The van der Waals surface area contributed by atoms with Crippen LogP contribution in [0.1, 0.15) is 60.8 Å². The number of fused-ring (bicyclic) bond motifs is 1. The molecule has 1 aliphatic carbocycles. The Morgan fingerprint density at radius 1 is 1.10 bits per heavy atom. The Balaban J connectivity index is 1.61. The molecular weight excluding hydrogens is 374 g/mol. The van der Waals surface area contributed by atoms with Gasteiger partial charge in [-0.05, 0) is 61.2 Å². The van der Waals surface area contributed by atoms with Gasteiger partial charge in [0.25, 0.3) is 5.91 Å². The van der Waals surface area contributed by atoms with Crippen LogP contribution in [-0.2, 0) is 19.4 Å². The van der Waals surface area contributed by atoms with Gasteiger partial charge in [-0.2, -0.15) is 0 Å². The lowest BCUT2D eigenvalue weighted by Gasteiger charge is -2.24. The number of hydrogen-bond acceptors (Lipinski definition) is 4. The van der Waals surface area contributed by atoms with Crippen molar-refractivity contribution in [1.29, 1.82) is 0 Å². The molecule has 3 rings (SSSR count). The summed E-state index contributed by atoms with van der Waals surface area (Å²) >= 11 is 0. The van der Waals surface area contributed by atoms with Crippen LogP contribution in [0.15, 0.2) is 36.5 Å². The average Bonchev–Trinajstić information content (AvgIpc) is 3.20. The van der Waals surface area contributed by atoms with Crippen molar-refractivity contribution in [3.63, 3.8) is 0 Å². The molecule has 2 aromatic rings. The highest BCUT2D eigenvalue weighted by molar-refractivity contribution is 5.92. The fraction of sp³-hybridized carbons (Fsp3) is 0.520. The SMILES string of the molecule is CCCCOc1ccc(C(=O)N(C)[C@@H]2Cc3ccc(CN(CC)CC)cc3C2)nc1. The maximum absolute atomic E-state index is 13.0. The van der Waals surface area contributed by atoms with Crippen LogP contribution in [0.2, 0.25) is 0 Å². The zero-order valence-corrected chi connectivity index (χ0v) is 18.9. The minimum absolute atomic E-state index is 0.0312. The van der Waals surface area contributed by atoms with Crippen LogP contribution in [-0.4, -0.2) is 53.5 Å². The Morgan fingerprint density at radius 2 is 1.87 bits per heavy atom. The highest BCUT2D eigenvalue weighted by Gasteiger charge is 2.28. The summed E-state index contributed by atoms with van der Waals surface area (Å²) in [7, 11) is 1.89. The molecule has 162 valence electrons. The lowest BCUT2D eigenvalue weighted by atomic mass is 10.1. The first-order chi connectivity index (χ1) is 14.5. The van der Waals surface area contributed by atoms with Gasteiger partial charge in [-0.1, -0.05) is 45.4 Å². The largest absolute Gasteiger partial charge is 0.492 e. The molecule has 1 heterocycles. The monoisotopic (exact) mass is 409 g/mol. The molecule has 1 amide bonds. The van der Waals surface area contributed by atoms with E-state index in [9.17, 15) is 4.79 Å². The van der Waals surface area contributed by atoms with E-state index < -0.39 is 0 Å². The first-order valence-corrected chi connectivity index (χ1v) is 11.2. The van der Waals surface area contributed by atoms with Crippen molar-refractivity contribution in [2.24, 2.45) is 0 Å². The fourth-order valence-corrected chi connectivity index (χ4v) is 4.00. The third-order valence-corrected chi connectivity index (χ3v) is 6.07. The summed E-state index contributed by atoms with van der Waals surface area (Å²) in [6, 6.07) is 10.6. The number of amides is 1. The maximum atomic E-state index is 13.0. The van der Waals surface area contributed by atoms with Crippen LogP contribution in [0.25, 0.3) is 0 Å². The molecule has 1 aliphatic rings. The summed E-state index contributed by atoms with van der Waals surface area (Å²) < 4.78 is 5.65. The van der Waals surface area contributed by atoms with Crippen LogP contribution in [0.3, 0.4) is 0 Å². The molecule has 1 aromatic heterocycles. The maximum Gasteiger partial charge on any atom is 0.272 e. The molecule has 0 spiro atoms. The lowest BCUT2D eigenvalue weighted by molar-refractivity contribution is 0.0731. The molecule has 0 aliphatic heterocycles. The van der Waals surface area contributed by atoms with E-state index in [0.29, 0.717) is 12.3 Å². The smallest absolute Gasteiger partial charge is 0.272 e. The van der Waals surface area contributed by atoms with Crippen molar-refractivity contribution in [2.75, 3.05) is 26.7 Å². The Morgan fingerprint density at radius 3 is 2.53 bits per heavy atom. The fourth-order valence-electron chi connectivity index (χ4n) is 4.00. The molecule has 1 atom stereocenters. The number of carbonyl (C=O) groups is 1. The molecule has 0 fully saturated rings. The van der Waals surface area contributed by atoms with Crippen molar-refractivity contribution in [2.45, 2.75) is 59.0 Å². The van der Waals surface area contributed by atoms with E-state index in [4.69, 9.17) is 4.74 Å². The zero-order chi connectivity index (χ0) is 21.5. The lowest BCUT2D eigenvalue weighted by Crippen LogP contribution is -2.38. The predicted molar refractivity (Wildman–Crippen MR) is 121 cm³/mol. The molecule has 5 nitrogen and oxygen atoms in total. The van der Waals surface area contributed by atoms with Gasteiger partial charge in [-0.15, -0.1) is 0 Å². The number of rotatable bonds is 10. The number of likely N-dealkylation sites (N-methyl/N-ethyl adjacent to an activating group) is 1. The van der Waals surface area contributed by atoms with E-state index in [0.717, 1.165) is 51.1 Å². The molecular formula is C25H35N3O2. The molecule has 0 radical (unpaired) electrons. The minimum Gasteiger partial charge on any atom is -0.492 e. The van der Waals surface area contributed by atoms with Gasteiger partial charge in [0, 0.05) is 19.6 Å². The first kappa shape index (κ1) is 22.3. The predicted octanol–water partition coefficient (Wildman–Crippen LogP) is 4.34. The van der Waals surface area contributed by atoms with E-state index in [1.807, 2.05) is 18.0 Å². The van der Waals surface area contributed by atoms with Gasteiger partial charge in [0.2, 0.25) is 0 Å². The molecule has 0 saturated heterocycles. The number of hydrogen-bond donors (Lipinski definition) is 0. The minimum atomic E-state index is -0.0312. The Labute approximate surface area is 181 Å². The van der Waals surface area contributed by atoms with E-state index in [2.05, 4.69) is 48.9 Å². The van der Waals surface area contributed by atoms with Gasteiger partial charge < -0.3 is 9.64 Å². The van der Waals surface area contributed by atoms with Gasteiger partial charge in [0.05, 0.1) is 12.8 Å². The van der Waals surface area contributed by atoms with Gasteiger partial charge in [-0.25, -0.2) is 4.98 Å². The van der Waals surface area contributed by atoms with E-state index in [1.165, 1.54) is 16.7 Å². The normalized spacial score (nSPS) is 15.3. The van der Waals surface area contributed by atoms with Crippen molar-refractivity contribution >= 4 is 5.91 Å². The zero-order valence-electron chi connectivity index (χ0n) is 18.9. The topological polar surface area (TPSA) is 45.7 Å². The molecule has 0 unspecified atom stereocenters. The van der Waals surface area contributed by atoms with Crippen molar-refractivity contribution in [3.8, 4) is 5.75 Å². The summed E-state index contributed by atoms with van der Waals surface area (Å²) in [5.74, 6) is 0.688. The number of carbonyl (C=O) groups excluding carboxylic acids is 1. The highest BCUT2D eigenvalue weighted by Crippen LogP contribution is 2.27. The van der Waals surface area contributed by atoms with Gasteiger partial charge in [0.15, 0.2) is 0 Å². The van der Waals surface area contributed by atoms with Gasteiger partial charge >= 0.3 is 0 Å². The van der Waals surface area contributed by atoms with E-state index >= 15 is 0 Å². The van der Waals surface area contributed by atoms with Crippen LogP contribution in [0.4, 0.5) is 0 Å². The molecule has 0 N–H and O–H groups in total. The Kier molecular flexibility index (Phi) is 7.86. The van der Waals surface area contributed by atoms with Crippen molar-refractivity contribution in [1.82, 2.24) is 14.8 Å². The second-order valence-electron chi connectivity index (χ2n) is 8.12. The highest BCUT2D eigenvalue weighted by atomic mass is 16.5. The molecule has 0 saturated carbocycles. The van der Waals surface area contributed by atoms with Crippen LogP contribution < -0.4 is 4.74 Å². The summed E-state index contributed by atoms with van der Waals surface area (Å²) in [4.78, 5) is 21.6. The van der Waals surface area contributed by atoms with E-state index in [-0.39, 0.29) is 11.9 Å². The molecule has 1 aromatic carbocycles. The molecule has 5 heteroatoms. The van der Waals surface area contributed by atoms with Crippen molar-refractivity contribution in [3.05, 3.63) is 58.9 Å². The van der Waals surface area contributed by atoms with Crippen LogP contribution in [0.5, 0.6) is 5.75 Å². The van der Waals surface area contributed by atoms with E-state index in [1.54, 1.807) is 12.3 Å². The standard InChI is InChI=1S/C25H35N3O2/c1-5-8-13-30-23-11-12-24(26-17-23)25(29)27(4)22-15-20-10-9-19(14-21(20)16-22)18-28(6-2)7-3/h9-12,14,17,22H,5-8,13,15-16,18H2,1-4H3/t22-/m1/s1. The summed E-state index contributed by atoms with van der Waals surface area (Å²) in [6.07, 6.45) is 5.57. The third-order valence-electron chi connectivity index (χ3n) is 6.07. The second kappa shape index (κ2) is 10.6. The Bertz CT molecular complexity index is 831. The first-order valence-electron chi connectivity index (χ1n) is 11.2. The quantitative estimate of drug-likeness (QED) is 0.548. The number of benzene rings is 1. The van der Waals surface area contributed by atoms with Crippen molar-refractivity contribution < 1.29 is 9.53 Å². The van der Waals surface area contributed by atoms with Gasteiger partial charge in [0.1, 0.15) is 11.4 Å². The molecule has 0 bridgehead atoms. The Hall–Kier alpha value is -2.40. The number of ether oxygens (including phenoxy) is 1. The molecule has 30 heavy (non-hydrogen) atoms. The van der Waals surface area contributed by atoms with Gasteiger partial charge in [-0.3, -0.25) is 9.69 Å². The van der Waals surface area contributed by atoms with Crippen LogP contribution in [0, 0.1) is 0 Å². The summed E-state index contributed by atoms with van der Waals surface area (Å²) in [5, 5.41) is 0. The third kappa shape index (κ3) is 5.39.